The number of nitrogens with one attached hydrogen (secondary N) is 2. The number of carboxylic acids is 1. The Labute approximate surface area is 171 Å². The van der Waals surface area contributed by atoms with Crippen molar-refractivity contribution in [1.82, 2.24) is 15.5 Å². The van der Waals surface area contributed by atoms with Crippen LogP contribution in [0.4, 0.5) is 0 Å². The third-order valence-electron chi connectivity index (χ3n) is 4.98. The topological polar surface area (TPSA) is 162 Å². The smallest absolute Gasteiger partial charge is 0.326 e. The van der Waals surface area contributed by atoms with Gasteiger partial charge in [-0.3, -0.25) is 14.4 Å². The first-order valence-corrected chi connectivity index (χ1v) is 10.00. The van der Waals surface area contributed by atoms with Crippen LogP contribution in [0.3, 0.4) is 0 Å². The molecular formula is C19H34N4O6. The summed E-state index contributed by atoms with van der Waals surface area (Å²) in [5, 5.41) is 23.6. The van der Waals surface area contributed by atoms with Gasteiger partial charge in [-0.2, -0.15) is 0 Å². The molecule has 0 spiro atoms. The minimum absolute atomic E-state index is 0.0294. The number of rotatable bonds is 10. The maximum atomic E-state index is 12.7. The molecule has 29 heavy (non-hydrogen) atoms. The lowest BCUT2D eigenvalue weighted by Crippen LogP contribution is -2.58. The Balaban J connectivity index is 2.79. The van der Waals surface area contributed by atoms with Crippen molar-refractivity contribution in [3.8, 4) is 0 Å². The highest BCUT2D eigenvalue weighted by atomic mass is 16.4. The van der Waals surface area contributed by atoms with E-state index in [1.165, 1.54) is 4.90 Å². The summed E-state index contributed by atoms with van der Waals surface area (Å²) in [5.74, 6) is -2.94. The first-order chi connectivity index (χ1) is 13.5. The number of amides is 3. The van der Waals surface area contributed by atoms with Crippen molar-refractivity contribution in [3.63, 3.8) is 0 Å². The number of carbonyl (C=O) groups excluding carboxylic acids is 3. The third kappa shape index (κ3) is 6.97. The summed E-state index contributed by atoms with van der Waals surface area (Å²) in [6.45, 7) is 6.97. The van der Waals surface area contributed by atoms with E-state index in [2.05, 4.69) is 10.6 Å². The lowest BCUT2D eigenvalue weighted by Gasteiger charge is -2.29. The molecule has 0 aromatic carbocycles. The normalized spacial score (nSPS) is 19.7. The molecule has 0 bridgehead atoms. The zero-order chi connectivity index (χ0) is 22.3. The molecule has 1 aliphatic rings. The highest BCUT2D eigenvalue weighted by Gasteiger charge is 2.38. The number of carbonyl (C=O) groups is 4. The molecule has 1 heterocycles. The molecule has 3 amide bonds. The Morgan fingerprint density at radius 3 is 2.21 bits per heavy atom. The van der Waals surface area contributed by atoms with E-state index >= 15 is 0 Å². The second kappa shape index (κ2) is 11.1. The summed E-state index contributed by atoms with van der Waals surface area (Å²) in [5.41, 5.74) is 5.92. The van der Waals surface area contributed by atoms with Crippen LogP contribution in [0.2, 0.25) is 0 Å². The van der Waals surface area contributed by atoms with Crippen molar-refractivity contribution in [2.45, 2.75) is 71.1 Å². The molecule has 4 unspecified atom stereocenters. The van der Waals surface area contributed by atoms with E-state index in [1.807, 2.05) is 27.7 Å². The SMILES string of the molecule is CC(C)CC(NC(=O)C(CO)NC(=O)C1CCCN1C(=O)C(N)C(C)C)C(=O)O. The average Bonchev–Trinajstić information content (AvgIpc) is 3.13. The number of nitrogens with two attached hydrogens (primary N) is 1. The van der Waals surface area contributed by atoms with Gasteiger partial charge in [-0.15, -0.1) is 0 Å². The van der Waals surface area contributed by atoms with Gasteiger partial charge in [0.15, 0.2) is 0 Å². The van der Waals surface area contributed by atoms with Gasteiger partial charge in [-0.25, -0.2) is 4.79 Å². The van der Waals surface area contributed by atoms with Crippen molar-refractivity contribution in [2.75, 3.05) is 13.2 Å². The molecule has 1 rings (SSSR count). The van der Waals surface area contributed by atoms with E-state index in [9.17, 15) is 29.4 Å². The van der Waals surface area contributed by atoms with E-state index in [1.54, 1.807) is 0 Å². The molecule has 6 N–H and O–H groups in total. The van der Waals surface area contributed by atoms with Crippen LogP contribution < -0.4 is 16.4 Å². The lowest BCUT2D eigenvalue weighted by atomic mass is 10.0. The first-order valence-electron chi connectivity index (χ1n) is 10.00. The van der Waals surface area contributed by atoms with E-state index in [4.69, 9.17) is 5.73 Å². The molecule has 166 valence electrons. The summed E-state index contributed by atoms with van der Waals surface area (Å²) < 4.78 is 0. The van der Waals surface area contributed by atoms with Gasteiger partial charge < -0.3 is 31.5 Å². The fourth-order valence-corrected chi connectivity index (χ4v) is 3.21. The molecule has 0 saturated carbocycles. The van der Waals surface area contributed by atoms with Gasteiger partial charge in [0.05, 0.1) is 12.6 Å². The van der Waals surface area contributed by atoms with Crippen LogP contribution in [-0.4, -0.2) is 76.1 Å². The molecule has 4 atom stereocenters. The van der Waals surface area contributed by atoms with Crippen LogP contribution in [0.5, 0.6) is 0 Å². The number of likely N-dealkylation sites (tertiary alicyclic amines) is 1. The maximum absolute atomic E-state index is 12.7. The van der Waals surface area contributed by atoms with Crippen LogP contribution >= 0.6 is 0 Å². The Morgan fingerprint density at radius 1 is 1.10 bits per heavy atom. The monoisotopic (exact) mass is 414 g/mol. The van der Waals surface area contributed by atoms with Crippen LogP contribution in [0.15, 0.2) is 0 Å². The van der Waals surface area contributed by atoms with Gasteiger partial charge in [0, 0.05) is 6.54 Å². The fourth-order valence-electron chi connectivity index (χ4n) is 3.21. The van der Waals surface area contributed by atoms with Crippen LogP contribution in [0.25, 0.3) is 0 Å². The second-order valence-corrected chi connectivity index (χ2v) is 8.23. The van der Waals surface area contributed by atoms with Gasteiger partial charge >= 0.3 is 5.97 Å². The van der Waals surface area contributed by atoms with Crippen molar-refractivity contribution >= 4 is 23.7 Å². The van der Waals surface area contributed by atoms with Crippen molar-refractivity contribution < 1.29 is 29.4 Å². The van der Waals surface area contributed by atoms with Crippen LogP contribution in [0.1, 0.15) is 47.0 Å². The van der Waals surface area contributed by atoms with Crippen molar-refractivity contribution in [1.29, 1.82) is 0 Å². The predicted molar refractivity (Wildman–Crippen MR) is 106 cm³/mol. The summed E-state index contributed by atoms with van der Waals surface area (Å²) in [7, 11) is 0. The molecule has 10 nitrogen and oxygen atoms in total. The molecular weight excluding hydrogens is 380 g/mol. The van der Waals surface area contributed by atoms with E-state index in [-0.39, 0.29) is 24.2 Å². The number of aliphatic carboxylic acids is 1. The molecule has 1 aliphatic heterocycles. The highest BCUT2D eigenvalue weighted by Crippen LogP contribution is 2.20. The van der Waals surface area contributed by atoms with Crippen LogP contribution in [-0.2, 0) is 19.2 Å². The Bertz CT molecular complexity index is 610. The molecule has 0 aromatic rings. The zero-order valence-corrected chi connectivity index (χ0v) is 17.6. The highest BCUT2D eigenvalue weighted by molar-refractivity contribution is 5.94. The molecule has 1 fully saturated rings. The molecule has 10 heteroatoms. The number of aliphatic hydroxyl groups excluding tert-OH is 1. The standard InChI is InChI=1S/C19H34N4O6/c1-10(2)8-12(19(28)29)21-16(25)13(9-24)22-17(26)14-6-5-7-23(14)18(27)15(20)11(3)4/h10-15,24H,5-9,20H2,1-4H3,(H,21,25)(H,22,26)(H,28,29). The maximum Gasteiger partial charge on any atom is 0.326 e. The first kappa shape index (κ1) is 24.8. The summed E-state index contributed by atoms with van der Waals surface area (Å²) >= 11 is 0. The average molecular weight is 415 g/mol. The van der Waals surface area contributed by atoms with Crippen molar-refractivity contribution in [2.24, 2.45) is 17.6 Å². The minimum Gasteiger partial charge on any atom is -0.480 e. The van der Waals surface area contributed by atoms with E-state index in [0.29, 0.717) is 19.4 Å². The van der Waals surface area contributed by atoms with E-state index < -0.39 is 48.6 Å². The van der Waals surface area contributed by atoms with Gasteiger partial charge in [0.1, 0.15) is 18.1 Å². The number of aliphatic hydroxyl groups is 1. The van der Waals surface area contributed by atoms with Gasteiger partial charge in [0.25, 0.3) is 0 Å². The Kier molecular flexibility index (Phi) is 9.51. The quantitative estimate of drug-likeness (QED) is 0.308. The molecule has 1 saturated heterocycles. The van der Waals surface area contributed by atoms with Crippen LogP contribution in [0, 0.1) is 11.8 Å². The molecule has 0 aliphatic carbocycles. The third-order valence-corrected chi connectivity index (χ3v) is 4.98. The molecule has 0 aromatic heterocycles. The lowest BCUT2D eigenvalue weighted by molar-refractivity contribution is -0.144. The Hall–Kier alpha value is -2.20. The number of carboxylic acid groups (broad SMARTS) is 1. The van der Waals surface area contributed by atoms with Gasteiger partial charge in [-0.05, 0) is 31.1 Å². The summed E-state index contributed by atoms with van der Waals surface area (Å²) in [6, 6.07) is -3.94. The molecule has 0 radical (unpaired) electrons. The fraction of sp³-hybridized carbons (Fsp3) is 0.789. The second-order valence-electron chi connectivity index (χ2n) is 8.23. The number of nitrogens with zero attached hydrogens (tertiary/aromatic N) is 1. The number of hydrogen-bond acceptors (Lipinski definition) is 6. The van der Waals surface area contributed by atoms with Gasteiger partial charge in [0.2, 0.25) is 17.7 Å². The zero-order valence-electron chi connectivity index (χ0n) is 17.6. The summed E-state index contributed by atoms with van der Waals surface area (Å²) in [6.07, 6.45) is 1.26. The number of hydrogen-bond donors (Lipinski definition) is 5. The van der Waals surface area contributed by atoms with Gasteiger partial charge in [-0.1, -0.05) is 27.7 Å². The van der Waals surface area contributed by atoms with Crippen molar-refractivity contribution in [3.05, 3.63) is 0 Å². The Morgan fingerprint density at radius 2 is 1.72 bits per heavy atom. The summed E-state index contributed by atoms with van der Waals surface area (Å²) in [4.78, 5) is 50.3. The predicted octanol–water partition coefficient (Wildman–Crippen LogP) is -0.947. The largest absolute Gasteiger partial charge is 0.480 e. The minimum atomic E-state index is -1.31. The van der Waals surface area contributed by atoms with E-state index in [0.717, 1.165) is 0 Å².